The fourth-order valence-electron chi connectivity index (χ4n) is 1.68. The molecule has 0 fully saturated rings. The predicted molar refractivity (Wildman–Crippen MR) is 87.8 cm³/mol. The van der Waals surface area contributed by atoms with E-state index >= 15 is 0 Å². The number of thiophene rings is 1. The lowest BCUT2D eigenvalue weighted by molar-refractivity contribution is 0.0698. The summed E-state index contributed by atoms with van der Waals surface area (Å²) in [6.45, 7) is 1.93. The molecular weight excluding hydrogens is 378 g/mol. The smallest absolute Gasteiger partial charge is 0.338 e. The van der Waals surface area contributed by atoms with Crippen LogP contribution in [0.1, 0.15) is 32.5 Å². The molecule has 110 valence electrons. The summed E-state index contributed by atoms with van der Waals surface area (Å²) in [6, 6.07) is 6.36. The van der Waals surface area contributed by atoms with Crippen molar-refractivity contribution in [2.75, 3.05) is 5.32 Å². The monoisotopic (exact) mass is 387 g/mol. The van der Waals surface area contributed by atoms with Crippen LogP contribution >= 0.6 is 38.9 Å². The zero-order valence-corrected chi connectivity index (χ0v) is 14.1. The number of benzene rings is 1. The van der Waals surface area contributed by atoms with Crippen molar-refractivity contribution in [1.29, 1.82) is 0 Å². The fourth-order valence-corrected chi connectivity index (χ4v) is 3.16. The standard InChI is InChI=1S/C14H11BrClNO3S/c1-2-8-6-9(14(19)20)13(21-8)17-12(18)7-3-4-11(16)10(15)5-7/h3-6H,2H2,1H3,(H,17,18)(H,19,20). The molecule has 2 rings (SSSR count). The van der Waals surface area contributed by atoms with E-state index in [0.29, 0.717) is 26.5 Å². The zero-order chi connectivity index (χ0) is 15.6. The van der Waals surface area contributed by atoms with Crippen molar-refractivity contribution in [1.82, 2.24) is 0 Å². The number of halogens is 2. The maximum absolute atomic E-state index is 12.2. The molecule has 0 spiro atoms. The Hall–Kier alpha value is -1.37. The largest absolute Gasteiger partial charge is 0.478 e. The van der Waals surface area contributed by atoms with Gasteiger partial charge in [0.2, 0.25) is 0 Å². The topological polar surface area (TPSA) is 66.4 Å². The van der Waals surface area contributed by atoms with Crippen LogP contribution in [0.25, 0.3) is 0 Å². The molecule has 0 saturated heterocycles. The number of carbonyl (C=O) groups is 2. The number of nitrogens with one attached hydrogen (secondary N) is 1. The van der Waals surface area contributed by atoms with Crippen LogP contribution in [0.5, 0.6) is 0 Å². The summed E-state index contributed by atoms with van der Waals surface area (Å²) in [4.78, 5) is 24.3. The molecule has 4 nitrogen and oxygen atoms in total. The van der Waals surface area contributed by atoms with Crippen molar-refractivity contribution in [2.24, 2.45) is 0 Å². The highest BCUT2D eigenvalue weighted by molar-refractivity contribution is 9.10. The van der Waals surface area contributed by atoms with Gasteiger partial charge in [0.1, 0.15) is 5.00 Å². The number of hydrogen-bond donors (Lipinski definition) is 2. The summed E-state index contributed by atoms with van der Waals surface area (Å²) in [5, 5.41) is 12.7. The van der Waals surface area contributed by atoms with Crippen LogP contribution in [0, 0.1) is 0 Å². The molecule has 0 atom stereocenters. The molecule has 0 unspecified atom stereocenters. The Morgan fingerprint density at radius 3 is 2.67 bits per heavy atom. The van der Waals surface area contributed by atoms with Gasteiger partial charge >= 0.3 is 5.97 Å². The Bertz CT molecular complexity index is 714. The van der Waals surface area contributed by atoms with E-state index in [2.05, 4.69) is 21.2 Å². The third kappa shape index (κ3) is 3.64. The molecule has 0 aliphatic carbocycles. The van der Waals surface area contributed by atoms with E-state index in [1.165, 1.54) is 11.3 Å². The number of amides is 1. The Labute approximate surface area is 138 Å². The minimum absolute atomic E-state index is 0.109. The Morgan fingerprint density at radius 1 is 1.38 bits per heavy atom. The van der Waals surface area contributed by atoms with E-state index in [1.807, 2.05) is 6.92 Å². The minimum Gasteiger partial charge on any atom is -0.478 e. The van der Waals surface area contributed by atoms with E-state index in [-0.39, 0.29) is 11.5 Å². The van der Waals surface area contributed by atoms with Gasteiger partial charge in [0, 0.05) is 14.9 Å². The van der Waals surface area contributed by atoms with Gasteiger partial charge in [-0.3, -0.25) is 4.79 Å². The maximum atomic E-state index is 12.2. The minimum atomic E-state index is -1.06. The van der Waals surface area contributed by atoms with Crippen molar-refractivity contribution in [3.63, 3.8) is 0 Å². The highest BCUT2D eigenvalue weighted by Crippen LogP contribution is 2.30. The number of aromatic carboxylic acids is 1. The lowest BCUT2D eigenvalue weighted by Crippen LogP contribution is -2.13. The van der Waals surface area contributed by atoms with E-state index in [4.69, 9.17) is 16.7 Å². The van der Waals surface area contributed by atoms with Gasteiger partial charge in [-0.05, 0) is 46.6 Å². The second kappa shape index (κ2) is 6.60. The van der Waals surface area contributed by atoms with Crippen molar-refractivity contribution in [3.8, 4) is 0 Å². The van der Waals surface area contributed by atoms with Crippen LogP contribution in [0.4, 0.5) is 5.00 Å². The van der Waals surface area contributed by atoms with Crippen LogP contribution < -0.4 is 5.32 Å². The number of rotatable bonds is 4. The molecule has 21 heavy (non-hydrogen) atoms. The van der Waals surface area contributed by atoms with Crippen molar-refractivity contribution in [3.05, 3.63) is 49.8 Å². The third-order valence-corrected chi connectivity index (χ3v) is 5.18. The molecule has 1 heterocycles. The Balaban J connectivity index is 2.28. The normalized spacial score (nSPS) is 10.4. The first-order valence-corrected chi connectivity index (χ1v) is 8.03. The summed E-state index contributed by atoms with van der Waals surface area (Å²) in [7, 11) is 0. The molecule has 0 aliphatic rings. The van der Waals surface area contributed by atoms with Gasteiger partial charge in [0.05, 0.1) is 10.6 Å². The van der Waals surface area contributed by atoms with Gasteiger partial charge in [-0.2, -0.15) is 0 Å². The summed E-state index contributed by atoms with van der Waals surface area (Å²) in [6.07, 6.45) is 0.716. The third-order valence-electron chi connectivity index (χ3n) is 2.77. The first-order chi connectivity index (χ1) is 9.92. The van der Waals surface area contributed by atoms with E-state index in [9.17, 15) is 9.59 Å². The summed E-state index contributed by atoms with van der Waals surface area (Å²) >= 11 is 10.4. The first kappa shape index (κ1) is 16.0. The first-order valence-electron chi connectivity index (χ1n) is 6.04. The van der Waals surface area contributed by atoms with Gasteiger partial charge in [0.25, 0.3) is 5.91 Å². The number of carboxylic acids is 1. The Morgan fingerprint density at radius 2 is 2.10 bits per heavy atom. The van der Waals surface area contributed by atoms with Gasteiger partial charge < -0.3 is 10.4 Å². The van der Waals surface area contributed by atoms with Crippen molar-refractivity contribution >= 4 is 55.7 Å². The fraction of sp³-hybridized carbons (Fsp3) is 0.143. The number of aryl methyl sites for hydroxylation is 1. The molecule has 7 heteroatoms. The molecule has 0 radical (unpaired) electrons. The summed E-state index contributed by atoms with van der Waals surface area (Å²) < 4.78 is 0.607. The maximum Gasteiger partial charge on any atom is 0.338 e. The molecule has 1 aromatic heterocycles. The quantitative estimate of drug-likeness (QED) is 0.799. The molecule has 0 saturated carbocycles. The summed E-state index contributed by atoms with van der Waals surface area (Å²) in [5.74, 6) is -1.43. The summed E-state index contributed by atoms with van der Waals surface area (Å²) in [5.41, 5.74) is 0.507. The van der Waals surface area contributed by atoms with Crippen LogP contribution in [0.3, 0.4) is 0 Å². The number of carbonyl (C=O) groups excluding carboxylic acids is 1. The number of hydrogen-bond acceptors (Lipinski definition) is 3. The van der Waals surface area contributed by atoms with E-state index in [0.717, 1.165) is 4.88 Å². The van der Waals surface area contributed by atoms with Crippen molar-refractivity contribution in [2.45, 2.75) is 13.3 Å². The van der Waals surface area contributed by atoms with E-state index < -0.39 is 5.97 Å². The molecule has 0 aliphatic heterocycles. The van der Waals surface area contributed by atoms with Crippen LogP contribution in [-0.2, 0) is 6.42 Å². The lowest BCUT2D eigenvalue weighted by Gasteiger charge is -2.05. The molecule has 1 aromatic carbocycles. The lowest BCUT2D eigenvalue weighted by atomic mass is 10.2. The second-order valence-electron chi connectivity index (χ2n) is 4.20. The predicted octanol–water partition coefficient (Wildman–Crippen LogP) is 4.68. The van der Waals surface area contributed by atoms with Crippen molar-refractivity contribution < 1.29 is 14.7 Å². The van der Waals surface area contributed by atoms with Crippen LogP contribution in [0.2, 0.25) is 5.02 Å². The van der Waals surface area contributed by atoms with Gasteiger partial charge in [-0.15, -0.1) is 11.3 Å². The number of anilines is 1. The van der Waals surface area contributed by atoms with Gasteiger partial charge in [0.15, 0.2) is 0 Å². The van der Waals surface area contributed by atoms with Crippen LogP contribution in [-0.4, -0.2) is 17.0 Å². The molecule has 2 N–H and O–H groups in total. The Kier molecular flexibility index (Phi) is 5.03. The van der Waals surface area contributed by atoms with Crippen LogP contribution in [0.15, 0.2) is 28.7 Å². The average molecular weight is 389 g/mol. The average Bonchev–Trinajstić information content (AvgIpc) is 2.85. The molecule has 1 amide bonds. The highest BCUT2D eigenvalue weighted by atomic mass is 79.9. The molecule has 2 aromatic rings. The number of carboxylic acid groups (broad SMARTS) is 1. The van der Waals surface area contributed by atoms with E-state index in [1.54, 1.807) is 24.3 Å². The molecule has 0 bridgehead atoms. The van der Waals surface area contributed by atoms with Gasteiger partial charge in [-0.1, -0.05) is 18.5 Å². The van der Waals surface area contributed by atoms with Gasteiger partial charge in [-0.25, -0.2) is 4.79 Å². The highest BCUT2D eigenvalue weighted by Gasteiger charge is 2.17. The zero-order valence-electron chi connectivity index (χ0n) is 10.9. The second-order valence-corrected chi connectivity index (χ2v) is 6.60. The molecular formula is C14H11BrClNO3S. The SMILES string of the molecule is CCc1cc(C(=O)O)c(NC(=O)c2ccc(Cl)c(Br)c2)s1.